The Hall–Kier alpha value is -3.71. The third kappa shape index (κ3) is 4.94. The van der Waals surface area contributed by atoms with Gasteiger partial charge in [0.15, 0.2) is 10.9 Å². The average Bonchev–Trinajstić information content (AvgIpc) is 2.84. The number of rotatable bonds is 7. The number of anilines is 1. The number of Topliss-reactive ketones (excluding diaryl/α,β-unsaturated/α-hetero) is 1. The molecule has 1 N–H and O–H groups in total. The molecule has 3 aromatic carbocycles. The second-order valence-electron chi connectivity index (χ2n) is 8.06. The lowest BCUT2D eigenvalue weighted by Gasteiger charge is -2.21. The van der Waals surface area contributed by atoms with Crippen LogP contribution in [0, 0.1) is 0 Å². The van der Waals surface area contributed by atoms with E-state index < -0.39 is 5.25 Å². The number of nitrogens with one attached hydrogen (secondary N) is 1. The van der Waals surface area contributed by atoms with Crippen LogP contribution in [-0.2, 0) is 4.79 Å². The van der Waals surface area contributed by atoms with E-state index in [-0.39, 0.29) is 23.3 Å². The maximum absolute atomic E-state index is 13.5. The van der Waals surface area contributed by atoms with Gasteiger partial charge < -0.3 is 5.32 Å². The third-order valence-electron chi connectivity index (χ3n) is 5.66. The number of hydrogen-bond donors (Lipinski definition) is 1. The summed E-state index contributed by atoms with van der Waals surface area (Å²) in [4.78, 5) is 42.6. The number of para-hydroxylation sites is 1. The highest BCUT2D eigenvalue weighted by atomic mass is 32.2. The zero-order valence-electron chi connectivity index (χ0n) is 19.2. The van der Waals surface area contributed by atoms with E-state index in [9.17, 15) is 14.4 Å². The first-order valence-electron chi connectivity index (χ1n) is 11.0. The summed E-state index contributed by atoms with van der Waals surface area (Å²) in [5.41, 5.74) is 2.62. The summed E-state index contributed by atoms with van der Waals surface area (Å²) in [5.74, 6) is -0.253. The summed E-state index contributed by atoms with van der Waals surface area (Å²) >= 11 is 1.24. The van der Waals surface area contributed by atoms with E-state index in [1.54, 1.807) is 47.9 Å². The Morgan fingerprint density at radius 3 is 2.24 bits per heavy atom. The summed E-state index contributed by atoms with van der Waals surface area (Å²) < 4.78 is 1.66. The molecule has 0 radical (unpaired) electrons. The lowest BCUT2D eigenvalue weighted by molar-refractivity contribution is -0.115. The van der Waals surface area contributed by atoms with E-state index in [0.717, 1.165) is 5.56 Å². The van der Waals surface area contributed by atoms with Crippen molar-refractivity contribution >= 4 is 40.0 Å². The number of hydrogen-bond acceptors (Lipinski definition) is 5. The fraction of sp³-hybridized carbons (Fsp3) is 0.185. The van der Waals surface area contributed by atoms with Gasteiger partial charge in [-0.05, 0) is 62.7 Å². The molecular formula is C27H25N3O3S. The molecule has 0 saturated carbocycles. The van der Waals surface area contributed by atoms with E-state index in [4.69, 9.17) is 4.98 Å². The maximum atomic E-state index is 13.5. The van der Waals surface area contributed by atoms with Crippen LogP contribution < -0.4 is 10.9 Å². The molecule has 6 nitrogen and oxygen atoms in total. The van der Waals surface area contributed by atoms with Crippen LogP contribution >= 0.6 is 11.8 Å². The molecule has 1 amide bonds. The minimum atomic E-state index is -0.519. The number of carbonyl (C=O) groups is 2. The van der Waals surface area contributed by atoms with Gasteiger partial charge in [-0.25, -0.2) is 4.98 Å². The Kier molecular flexibility index (Phi) is 6.93. The molecule has 4 aromatic rings. The molecule has 0 fully saturated rings. The van der Waals surface area contributed by atoms with Gasteiger partial charge in [0.05, 0.1) is 22.2 Å². The lowest BCUT2D eigenvalue weighted by atomic mass is 10.1. The molecular weight excluding hydrogens is 446 g/mol. The SMILES string of the molecule is CC(=O)c1ccc(NC(=O)C(C)Sc2nc3ccccc3c(=O)n2C(C)c2ccccc2)cc1. The molecule has 172 valence electrons. The minimum absolute atomic E-state index is 0.0327. The predicted octanol–water partition coefficient (Wildman–Crippen LogP) is 5.33. The van der Waals surface area contributed by atoms with Crippen LogP contribution in [0.15, 0.2) is 88.8 Å². The first-order chi connectivity index (χ1) is 16.3. The van der Waals surface area contributed by atoms with Gasteiger partial charge in [0.2, 0.25) is 5.91 Å². The summed E-state index contributed by atoms with van der Waals surface area (Å²) in [6.07, 6.45) is 0. The normalized spacial score (nSPS) is 12.8. The van der Waals surface area contributed by atoms with Crippen molar-refractivity contribution in [1.29, 1.82) is 0 Å². The van der Waals surface area contributed by atoms with E-state index in [1.165, 1.54) is 18.7 Å². The highest BCUT2D eigenvalue weighted by Crippen LogP contribution is 2.28. The van der Waals surface area contributed by atoms with Gasteiger partial charge in [-0.3, -0.25) is 19.0 Å². The predicted molar refractivity (Wildman–Crippen MR) is 137 cm³/mol. The van der Waals surface area contributed by atoms with Crippen LogP contribution in [0.1, 0.15) is 42.7 Å². The van der Waals surface area contributed by atoms with Crippen LogP contribution in [-0.4, -0.2) is 26.5 Å². The van der Waals surface area contributed by atoms with Gasteiger partial charge >= 0.3 is 0 Å². The highest BCUT2D eigenvalue weighted by molar-refractivity contribution is 8.00. The molecule has 0 aliphatic rings. The fourth-order valence-electron chi connectivity index (χ4n) is 3.67. The van der Waals surface area contributed by atoms with E-state index in [0.29, 0.717) is 27.3 Å². The van der Waals surface area contributed by atoms with Crippen molar-refractivity contribution < 1.29 is 9.59 Å². The van der Waals surface area contributed by atoms with Gasteiger partial charge in [0, 0.05) is 11.3 Å². The number of amides is 1. The second-order valence-corrected chi connectivity index (χ2v) is 9.36. The quantitative estimate of drug-likeness (QED) is 0.224. The zero-order valence-corrected chi connectivity index (χ0v) is 20.0. The maximum Gasteiger partial charge on any atom is 0.262 e. The minimum Gasteiger partial charge on any atom is -0.325 e. The molecule has 0 aliphatic heterocycles. The summed E-state index contributed by atoms with van der Waals surface area (Å²) in [6.45, 7) is 5.24. The monoisotopic (exact) mass is 471 g/mol. The van der Waals surface area contributed by atoms with Gasteiger partial charge in [-0.1, -0.05) is 54.2 Å². The van der Waals surface area contributed by atoms with Crippen LogP contribution in [0.25, 0.3) is 10.9 Å². The standard InChI is InChI=1S/C27H25N3O3S/c1-17(20-9-5-4-6-10-20)30-26(33)23-11-7-8-12-24(23)29-27(30)34-19(3)25(32)28-22-15-13-21(14-16-22)18(2)31/h4-17,19H,1-3H3,(H,28,32). The molecule has 0 bridgehead atoms. The Morgan fingerprint density at radius 1 is 0.912 bits per heavy atom. The molecule has 2 atom stereocenters. The van der Waals surface area contributed by atoms with Crippen LogP contribution in [0.3, 0.4) is 0 Å². The van der Waals surface area contributed by atoms with Crippen molar-refractivity contribution in [3.8, 4) is 0 Å². The number of nitrogens with zero attached hydrogens (tertiary/aromatic N) is 2. The zero-order chi connectivity index (χ0) is 24.2. The topological polar surface area (TPSA) is 81.1 Å². The number of fused-ring (bicyclic) bond motifs is 1. The second kappa shape index (κ2) is 10.1. The van der Waals surface area contributed by atoms with Crippen molar-refractivity contribution in [2.24, 2.45) is 0 Å². The molecule has 2 unspecified atom stereocenters. The highest BCUT2D eigenvalue weighted by Gasteiger charge is 2.22. The number of aromatic nitrogens is 2. The molecule has 4 rings (SSSR count). The van der Waals surface area contributed by atoms with Crippen molar-refractivity contribution in [2.75, 3.05) is 5.32 Å². The first kappa shape index (κ1) is 23.4. The third-order valence-corrected chi connectivity index (χ3v) is 6.72. The lowest BCUT2D eigenvalue weighted by Crippen LogP contribution is -2.29. The molecule has 0 saturated heterocycles. The van der Waals surface area contributed by atoms with Crippen molar-refractivity contribution in [2.45, 2.75) is 37.2 Å². The number of carbonyl (C=O) groups excluding carboxylic acids is 2. The molecule has 34 heavy (non-hydrogen) atoms. The van der Waals surface area contributed by atoms with Gasteiger partial charge in [0.25, 0.3) is 5.56 Å². The van der Waals surface area contributed by atoms with E-state index in [1.807, 2.05) is 49.4 Å². The summed E-state index contributed by atoms with van der Waals surface area (Å²) in [7, 11) is 0. The van der Waals surface area contributed by atoms with Crippen molar-refractivity contribution in [3.63, 3.8) is 0 Å². The molecule has 0 aliphatic carbocycles. The number of thioether (sulfide) groups is 1. The fourth-order valence-corrected chi connectivity index (χ4v) is 4.66. The van der Waals surface area contributed by atoms with Crippen LogP contribution in [0.4, 0.5) is 5.69 Å². The summed E-state index contributed by atoms with van der Waals surface area (Å²) in [5, 5.41) is 3.38. The van der Waals surface area contributed by atoms with Crippen LogP contribution in [0.2, 0.25) is 0 Å². The molecule has 1 aromatic heterocycles. The summed E-state index contributed by atoms with van der Waals surface area (Å²) in [6, 6.07) is 23.5. The molecule has 0 spiro atoms. The van der Waals surface area contributed by atoms with Gasteiger partial charge in [-0.15, -0.1) is 0 Å². The Bertz CT molecular complexity index is 1400. The van der Waals surface area contributed by atoms with Gasteiger partial charge in [-0.2, -0.15) is 0 Å². The number of benzene rings is 3. The van der Waals surface area contributed by atoms with E-state index >= 15 is 0 Å². The van der Waals surface area contributed by atoms with Crippen molar-refractivity contribution in [1.82, 2.24) is 9.55 Å². The Morgan fingerprint density at radius 2 is 1.56 bits per heavy atom. The van der Waals surface area contributed by atoms with Gasteiger partial charge in [0.1, 0.15) is 0 Å². The molecule has 7 heteroatoms. The Balaban J connectivity index is 1.65. The largest absolute Gasteiger partial charge is 0.325 e. The van der Waals surface area contributed by atoms with Crippen molar-refractivity contribution in [3.05, 3.63) is 100 Å². The smallest absolute Gasteiger partial charge is 0.262 e. The average molecular weight is 472 g/mol. The van der Waals surface area contributed by atoms with Crippen LogP contribution in [0.5, 0.6) is 0 Å². The Labute approximate surface area is 202 Å². The number of ketones is 1. The first-order valence-corrected chi connectivity index (χ1v) is 11.9. The van der Waals surface area contributed by atoms with E-state index in [2.05, 4.69) is 5.32 Å². The molecule has 1 heterocycles.